The molecule has 1 heterocycles. The Morgan fingerprint density at radius 1 is 1.37 bits per heavy atom. The first-order chi connectivity index (χ1) is 9.16. The van der Waals surface area contributed by atoms with Crippen LogP contribution >= 0.6 is 0 Å². The summed E-state index contributed by atoms with van der Waals surface area (Å²) in [5.74, 6) is 1.57. The molecule has 0 aromatic heterocycles. The van der Waals surface area contributed by atoms with Gasteiger partial charge in [0.2, 0.25) is 0 Å². The van der Waals surface area contributed by atoms with E-state index >= 15 is 0 Å². The maximum atomic E-state index is 13.3. The van der Waals surface area contributed by atoms with E-state index in [1.54, 1.807) is 18.2 Å². The maximum Gasteiger partial charge on any atom is 0.165 e. The molecule has 1 aliphatic heterocycles. The molecule has 0 aliphatic carbocycles. The summed E-state index contributed by atoms with van der Waals surface area (Å²) < 4.78 is 30.1. The van der Waals surface area contributed by atoms with Crippen LogP contribution in [0.2, 0.25) is 0 Å². The summed E-state index contributed by atoms with van der Waals surface area (Å²) in [5.41, 5.74) is 0. The van der Waals surface area contributed by atoms with Gasteiger partial charge in [0.25, 0.3) is 0 Å². The molecule has 0 amide bonds. The molecule has 0 radical (unpaired) electrons. The van der Waals surface area contributed by atoms with Gasteiger partial charge in [-0.1, -0.05) is 12.1 Å². The Morgan fingerprint density at radius 2 is 2.05 bits per heavy atom. The van der Waals surface area contributed by atoms with Crippen LogP contribution in [0.1, 0.15) is 12.8 Å². The summed E-state index contributed by atoms with van der Waals surface area (Å²) in [6, 6.07) is 6.92. The van der Waals surface area contributed by atoms with Crippen molar-refractivity contribution in [3.63, 3.8) is 0 Å². The fourth-order valence-electron chi connectivity index (χ4n) is 2.27. The van der Waals surface area contributed by atoms with Gasteiger partial charge in [0.05, 0.1) is 0 Å². The second kappa shape index (κ2) is 7.01. The number of ether oxygens (including phenoxy) is 1. The van der Waals surface area contributed by atoms with E-state index in [9.17, 15) is 8.60 Å². The lowest BCUT2D eigenvalue weighted by Crippen LogP contribution is -2.39. The van der Waals surface area contributed by atoms with E-state index in [0.29, 0.717) is 18.4 Å². The zero-order chi connectivity index (χ0) is 13.7. The lowest BCUT2D eigenvalue weighted by molar-refractivity contribution is 0.180. The standard InChI is InChI=1S/C14H20FNO2S/c1-16(12-6-10-19(17)11-7-12)8-9-18-14-5-3-2-4-13(14)15/h2-5,12H,6-11H2,1H3. The largest absolute Gasteiger partial charge is 0.489 e. The summed E-state index contributed by atoms with van der Waals surface area (Å²) in [5, 5.41) is 0. The zero-order valence-electron chi connectivity index (χ0n) is 11.2. The minimum absolute atomic E-state index is 0.306. The number of benzene rings is 1. The lowest BCUT2D eigenvalue weighted by Gasteiger charge is -2.30. The maximum absolute atomic E-state index is 13.3. The lowest BCUT2D eigenvalue weighted by atomic mass is 10.1. The number of likely N-dealkylation sites (N-methyl/N-ethyl adjacent to an activating group) is 1. The number of hydrogen-bond donors (Lipinski definition) is 0. The molecule has 3 nitrogen and oxygen atoms in total. The fraction of sp³-hybridized carbons (Fsp3) is 0.571. The Labute approximate surface area is 116 Å². The fourth-order valence-corrected chi connectivity index (χ4v) is 3.54. The summed E-state index contributed by atoms with van der Waals surface area (Å²) in [6.45, 7) is 1.22. The average molecular weight is 285 g/mol. The van der Waals surface area contributed by atoms with E-state index in [-0.39, 0.29) is 5.82 Å². The molecule has 0 saturated carbocycles. The predicted octanol–water partition coefficient (Wildman–Crippen LogP) is 2.05. The smallest absolute Gasteiger partial charge is 0.165 e. The normalized spacial score (nSPS) is 23.5. The van der Waals surface area contributed by atoms with E-state index in [2.05, 4.69) is 4.90 Å². The second-order valence-corrected chi connectivity index (χ2v) is 6.53. The number of rotatable bonds is 5. The van der Waals surface area contributed by atoms with Gasteiger partial charge in [0, 0.05) is 34.9 Å². The minimum Gasteiger partial charge on any atom is -0.489 e. The van der Waals surface area contributed by atoms with Crippen LogP contribution in [0, 0.1) is 5.82 Å². The van der Waals surface area contributed by atoms with Crippen LogP contribution < -0.4 is 4.74 Å². The molecule has 1 saturated heterocycles. The highest BCUT2D eigenvalue weighted by Crippen LogP contribution is 2.17. The summed E-state index contributed by atoms with van der Waals surface area (Å²) in [7, 11) is 1.42. The average Bonchev–Trinajstić information content (AvgIpc) is 2.41. The topological polar surface area (TPSA) is 29.5 Å². The van der Waals surface area contributed by atoms with Gasteiger partial charge in [0.15, 0.2) is 11.6 Å². The first-order valence-corrected chi connectivity index (χ1v) is 8.08. The van der Waals surface area contributed by atoms with Crippen LogP contribution in [-0.4, -0.2) is 46.9 Å². The first kappa shape index (κ1) is 14.5. The highest BCUT2D eigenvalue weighted by molar-refractivity contribution is 7.85. The quantitative estimate of drug-likeness (QED) is 0.829. The van der Waals surface area contributed by atoms with Crippen molar-refractivity contribution < 1.29 is 13.3 Å². The predicted molar refractivity (Wildman–Crippen MR) is 75.4 cm³/mol. The molecule has 106 valence electrons. The van der Waals surface area contributed by atoms with Crippen molar-refractivity contribution in [1.29, 1.82) is 0 Å². The van der Waals surface area contributed by atoms with Crippen molar-refractivity contribution in [2.75, 3.05) is 31.7 Å². The van der Waals surface area contributed by atoms with E-state index in [1.807, 2.05) is 7.05 Å². The van der Waals surface area contributed by atoms with Crippen molar-refractivity contribution in [1.82, 2.24) is 4.90 Å². The number of para-hydroxylation sites is 1. The molecule has 1 aromatic rings. The molecule has 0 atom stereocenters. The van der Waals surface area contributed by atoms with Crippen molar-refractivity contribution >= 4 is 10.8 Å². The minimum atomic E-state index is -0.623. The van der Waals surface area contributed by atoms with E-state index in [1.165, 1.54) is 6.07 Å². The monoisotopic (exact) mass is 285 g/mol. The Morgan fingerprint density at radius 3 is 2.74 bits per heavy atom. The van der Waals surface area contributed by atoms with Gasteiger partial charge in [-0.3, -0.25) is 9.11 Å². The van der Waals surface area contributed by atoms with Crippen molar-refractivity contribution in [3.05, 3.63) is 30.1 Å². The summed E-state index contributed by atoms with van der Waals surface area (Å²) in [6.07, 6.45) is 1.95. The van der Waals surface area contributed by atoms with Crippen LogP contribution in [0.25, 0.3) is 0 Å². The van der Waals surface area contributed by atoms with Gasteiger partial charge in [0.1, 0.15) is 6.61 Å². The number of halogens is 1. The third kappa shape index (κ3) is 4.28. The van der Waals surface area contributed by atoms with Crippen LogP contribution in [-0.2, 0) is 10.8 Å². The highest BCUT2D eigenvalue weighted by Gasteiger charge is 2.21. The van der Waals surface area contributed by atoms with Gasteiger partial charge < -0.3 is 4.74 Å². The van der Waals surface area contributed by atoms with Crippen molar-refractivity contribution in [2.45, 2.75) is 18.9 Å². The van der Waals surface area contributed by atoms with Gasteiger partial charge in [-0.05, 0) is 32.0 Å². The third-order valence-electron chi connectivity index (χ3n) is 3.52. The Balaban J connectivity index is 1.73. The molecule has 0 bridgehead atoms. The van der Waals surface area contributed by atoms with E-state index in [4.69, 9.17) is 4.74 Å². The summed E-state index contributed by atoms with van der Waals surface area (Å²) >= 11 is 0. The Hall–Kier alpha value is -0.940. The first-order valence-electron chi connectivity index (χ1n) is 6.59. The zero-order valence-corrected chi connectivity index (χ0v) is 12.0. The molecular formula is C14H20FNO2S. The second-order valence-electron chi connectivity index (χ2n) is 4.84. The molecule has 2 rings (SSSR count). The van der Waals surface area contributed by atoms with Gasteiger partial charge in [-0.25, -0.2) is 4.39 Å². The van der Waals surface area contributed by atoms with Crippen LogP contribution in [0.4, 0.5) is 4.39 Å². The van der Waals surface area contributed by atoms with Crippen LogP contribution in [0.15, 0.2) is 24.3 Å². The Kier molecular flexibility index (Phi) is 5.34. The molecule has 5 heteroatoms. The molecule has 19 heavy (non-hydrogen) atoms. The van der Waals surface area contributed by atoms with Gasteiger partial charge in [-0.15, -0.1) is 0 Å². The van der Waals surface area contributed by atoms with Crippen molar-refractivity contribution in [2.24, 2.45) is 0 Å². The molecule has 1 fully saturated rings. The van der Waals surface area contributed by atoms with Gasteiger partial charge in [-0.2, -0.15) is 0 Å². The molecule has 0 N–H and O–H groups in total. The molecular weight excluding hydrogens is 265 g/mol. The van der Waals surface area contributed by atoms with E-state index in [0.717, 1.165) is 30.9 Å². The van der Waals surface area contributed by atoms with E-state index < -0.39 is 10.8 Å². The molecule has 0 spiro atoms. The highest BCUT2D eigenvalue weighted by atomic mass is 32.2. The summed E-state index contributed by atoms with van der Waals surface area (Å²) in [4.78, 5) is 2.22. The molecule has 1 aliphatic rings. The van der Waals surface area contributed by atoms with Crippen LogP contribution in [0.3, 0.4) is 0 Å². The van der Waals surface area contributed by atoms with Gasteiger partial charge >= 0.3 is 0 Å². The number of hydrogen-bond acceptors (Lipinski definition) is 3. The molecule has 1 aromatic carbocycles. The Bertz CT molecular complexity index is 431. The molecule has 0 unspecified atom stereocenters. The SMILES string of the molecule is CN(CCOc1ccccc1F)C1CCS(=O)CC1. The van der Waals surface area contributed by atoms with Crippen LogP contribution in [0.5, 0.6) is 5.75 Å². The van der Waals surface area contributed by atoms with Crippen molar-refractivity contribution in [3.8, 4) is 5.75 Å². The third-order valence-corrected chi connectivity index (χ3v) is 4.90. The number of nitrogens with zero attached hydrogens (tertiary/aromatic N) is 1.